The van der Waals surface area contributed by atoms with Crippen LogP contribution in [-0.4, -0.2) is 41.0 Å². The lowest BCUT2D eigenvalue weighted by atomic mass is 10.1. The van der Waals surface area contributed by atoms with Gasteiger partial charge in [0.1, 0.15) is 12.3 Å². The second-order valence-electron chi connectivity index (χ2n) is 6.95. The number of hydrogen-bond donors (Lipinski definition) is 3. The number of nitrogens with zero attached hydrogens (tertiary/aromatic N) is 3. The highest BCUT2D eigenvalue weighted by atomic mass is 32.1. The van der Waals surface area contributed by atoms with Crippen LogP contribution < -0.4 is 15.4 Å². The maximum Gasteiger partial charge on any atom is 0.227 e. The Kier molecular flexibility index (Phi) is 4.94. The smallest absolute Gasteiger partial charge is 0.227 e. The van der Waals surface area contributed by atoms with Gasteiger partial charge in [-0.2, -0.15) is 0 Å². The summed E-state index contributed by atoms with van der Waals surface area (Å²) >= 11 is 6.21. The van der Waals surface area contributed by atoms with Crippen molar-refractivity contribution in [2.75, 3.05) is 31.5 Å². The van der Waals surface area contributed by atoms with Crippen LogP contribution in [0.1, 0.15) is 9.75 Å². The SMILES string of the molecule is Sc1cccc(Nc2ncc3c(n2)-c2cc(CN4CCNCC4)sc2CO3)c1. The van der Waals surface area contributed by atoms with E-state index in [0.29, 0.717) is 12.6 Å². The minimum atomic E-state index is 0.559. The van der Waals surface area contributed by atoms with Crippen molar-refractivity contribution in [1.82, 2.24) is 20.2 Å². The molecule has 1 aromatic carbocycles. The van der Waals surface area contributed by atoms with Crippen molar-refractivity contribution in [3.05, 3.63) is 46.3 Å². The quantitative estimate of drug-likeness (QED) is 0.571. The van der Waals surface area contributed by atoms with Crippen molar-refractivity contribution < 1.29 is 4.74 Å². The number of hydrogen-bond acceptors (Lipinski definition) is 8. The third-order valence-corrected chi connectivity index (χ3v) is 6.29. The Morgan fingerprint density at radius 1 is 1.25 bits per heavy atom. The highest BCUT2D eigenvalue weighted by Crippen LogP contribution is 2.41. The van der Waals surface area contributed by atoms with Gasteiger partial charge in [0, 0.05) is 53.7 Å². The Morgan fingerprint density at radius 2 is 2.14 bits per heavy atom. The molecule has 2 aromatic heterocycles. The Bertz CT molecular complexity index is 1000. The van der Waals surface area contributed by atoms with Crippen LogP contribution in [0.3, 0.4) is 0 Å². The topological polar surface area (TPSA) is 62.3 Å². The zero-order chi connectivity index (χ0) is 18.9. The van der Waals surface area contributed by atoms with Gasteiger partial charge in [-0.1, -0.05) is 6.07 Å². The molecule has 0 saturated carbocycles. The Morgan fingerprint density at radius 3 is 3.00 bits per heavy atom. The Hall–Kier alpha value is -2.13. The summed E-state index contributed by atoms with van der Waals surface area (Å²) in [5.41, 5.74) is 2.95. The van der Waals surface area contributed by atoms with Crippen molar-refractivity contribution in [2.45, 2.75) is 18.0 Å². The first kappa shape index (κ1) is 17.9. The lowest BCUT2D eigenvalue weighted by molar-refractivity contribution is 0.235. The average Bonchev–Trinajstić information content (AvgIpc) is 3.12. The molecule has 6 nitrogen and oxygen atoms in total. The van der Waals surface area contributed by atoms with Gasteiger partial charge in [-0.15, -0.1) is 24.0 Å². The number of benzene rings is 1. The van der Waals surface area contributed by atoms with Crippen LogP contribution in [0, 0.1) is 0 Å². The van der Waals surface area contributed by atoms with Crippen molar-refractivity contribution in [3.63, 3.8) is 0 Å². The summed E-state index contributed by atoms with van der Waals surface area (Å²) in [7, 11) is 0. The molecule has 0 bridgehead atoms. The van der Waals surface area contributed by atoms with Crippen LogP contribution in [0.5, 0.6) is 5.75 Å². The van der Waals surface area contributed by atoms with Crippen molar-refractivity contribution in [3.8, 4) is 17.0 Å². The van der Waals surface area contributed by atoms with Gasteiger partial charge in [-0.05, 0) is 24.3 Å². The van der Waals surface area contributed by atoms with E-state index in [9.17, 15) is 0 Å². The molecule has 0 spiro atoms. The van der Waals surface area contributed by atoms with Crippen molar-refractivity contribution in [1.29, 1.82) is 0 Å². The van der Waals surface area contributed by atoms with E-state index in [4.69, 9.17) is 9.72 Å². The molecular formula is C20H21N5OS2. The molecule has 4 heterocycles. The summed E-state index contributed by atoms with van der Waals surface area (Å²) in [6.45, 7) is 5.89. The van der Waals surface area contributed by atoms with E-state index >= 15 is 0 Å². The van der Waals surface area contributed by atoms with E-state index in [1.807, 2.05) is 35.6 Å². The van der Waals surface area contributed by atoms with E-state index in [0.717, 1.165) is 54.8 Å². The Balaban J connectivity index is 1.41. The Labute approximate surface area is 173 Å². The standard InChI is InChI=1S/C20H21N5OS2/c27-14-3-1-2-13(8-14)23-20-22-10-17-19(24-20)16-9-15(28-18(16)12-26-17)11-25-6-4-21-5-7-25/h1-3,8-10,21,27H,4-7,11-12H2,(H,22,23,24). The summed E-state index contributed by atoms with van der Waals surface area (Å²) < 4.78 is 5.90. The number of aromatic nitrogens is 2. The summed E-state index contributed by atoms with van der Waals surface area (Å²) in [4.78, 5) is 15.1. The number of piperazine rings is 1. The average molecular weight is 412 g/mol. The zero-order valence-corrected chi connectivity index (χ0v) is 17.0. The first-order chi connectivity index (χ1) is 13.7. The summed E-state index contributed by atoms with van der Waals surface area (Å²) in [5, 5.41) is 6.66. The molecule has 1 saturated heterocycles. The van der Waals surface area contributed by atoms with Gasteiger partial charge in [0.25, 0.3) is 0 Å². The van der Waals surface area contributed by atoms with Gasteiger partial charge in [-0.25, -0.2) is 9.97 Å². The summed E-state index contributed by atoms with van der Waals surface area (Å²) in [6, 6.07) is 10.1. The third-order valence-electron chi connectivity index (χ3n) is 4.92. The largest absolute Gasteiger partial charge is 0.484 e. The molecule has 144 valence electrons. The van der Waals surface area contributed by atoms with Crippen LogP contribution in [0.15, 0.2) is 41.4 Å². The first-order valence-electron chi connectivity index (χ1n) is 9.35. The molecule has 2 N–H and O–H groups in total. The molecule has 0 aliphatic carbocycles. The summed E-state index contributed by atoms with van der Waals surface area (Å²) in [5.74, 6) is 1.30. The van der Waals surface area contributed by atoms with Gasteiger partial charge in [0.15, 0.2) is 5.75 Å². The van der Waals surface area contributed by atoms with Crippen LogP contribution in [0.25, 0.3) is 11.3 Å². The fraction of sp³-hybridized carbons (Fsp3) is 0.300. The molecule has 0 atom stereocenters. The second kappa shape index (κ2) is 7.71. The van der Waals surface area contributed by atoms with Crippen molar-refractivity contribution in [2.24, 2.45) is 0 Å². The second-order valence-corrected chi connectivity index (χ2v) is 8.68. The lowest BCUT2D eigenvalue weighted by Crippen LogP contribution is -2.42. The molecule has 2 aliphatic heterocycles. The van der Waals surface area contributed by atoms with Crippen LogP contribution in [0.4, 0.5) is 11.6 Å². The molecule has 0 radical (unpaired) electrons. The molecule has 0 amide bonds. The van der Waals surface area contributed by atoms with Gasteiger partial charge in [0.2, 0.25) is 5.95 Å². The highest BCUT2D eigenvalue weighted by Gasteiger charge is 2.24. The molecule has 0 unspecified atom stereocenters. The van der Waals surface area contributed by atoms with Gasteiger partial charge < -0.3 is 15.4 Å². The van der Waals surface area contributed by atoms with Gasteiger partial charge >= 0.3 is 0 Å². The van der Waals surface area contributed by atoms with E-state index in [1.54, 1.807) is 6.20 Å². The maximum atomic E-state index is 5.90. The molecule has 8 heteroatoms. The van der Waals surface area contributed by atoms with Crippen LogP contribution in [0.2, 0.25) is 0 Å². The lowest BCUT2D eigenvalue weighted by Gasteiger charge is -2.26. The number of rotatable bonds is 4. The summed E-state index contributed by atoms with van der Waals surface area (Å²) in [6.07, 6.45) is 1.76. The highest BCUT2D eigenvalue weighted by molar-refractivity contribution is 7.80. The minimum absolute atomic E-state index is 0.559. The van der Waals surface area contributed by atoms with Crippen LogP contribution in [-0.2, 0) is 13.2 Å². The normalized spacial score (nSPS) is 16.2. The number of nitrogens with one attached hydrogen (secondary N) is 2. The number of fused-ring (bicyclic) bond motifs is 3. The van der Waals surface area contributed by atoms with Gasteiger partial charge in [-0.3, -0.25) is 4.90 Å². The van der Waals surface area contributed by atoms with Crippen molar-refractivity contribution >= 4 is 35.6 Å². The predicted octanol–water partition coefficient (Wildman–Crippen LogP) is 3.54. The zero-order valence-electron chi connectivity index (χ0n) is 15.3. The van der Waals surface area contributed by atoms with E-state index in [1.165, 1.54) is 15.3 Å². The molecule has 1 fully saturated rings. The maximum absolute atomic E-state index is 5.90. The first-order valence-corrected chi connectivity index (χ1v) is 10.6. The monoisotopic (exact) mass is 411 g/mol. The molecule has 5 rings (SSSR count). The van der Waals surface area contributed by atoms with Crippen LogP contribution >= 0.6 is 24.0 Å². The molecular weight excluding hydrogens is 390 g/mol. The number of ether oxygens (including phenoxy) is 1. The number of anilines is 2. The molecule has 28 heavy (non-hydrogen) atoms. The van der Waals surface area contributed by atoms with Gasteiger partial charge in [0.05, 0.1) is 11.1 Å². The van der Waals surface area contributed by atoms with E-state index in [2.05, 4.69) is 39.2 Å². The molecule has 2 aliphatic rings. The minimum Gasteiger partial charge on any atom is -0.484 e. The molecule has 3 aromatic rings. The number of thiophene rings is 1. The fourth-order valence-corrected chi connectivity index (χ4v) is 4.89. The van der Waals surface area contributed by atoms with E-state index < -0.39 is 0 Å². The predicted molar refractivity (Wildman–Crippen MR) is 115 cm³/mol. The third kappa shape index (κ3) is 3.73. The number of thiol groups is 1. The van der Waals surface area contributed by atoms with E-state index in [-0.39, 0.29) is 0 Å². The fourth-order valence-electron chi connectivity index (χ4n) is 3.55.